The van der Waals surface area contributed by atoms with Crippen molar-refractivity contribution >= 4 is 11.3 Å². The quantitative estimate of drug-likeness (QED) is 0.745. The number of thiazole rings is 1. The van der Waals surface area contributed by atoms with Crippen LogP contribution in [0.5, 0.6) is 0 Å². The highest BCUT2D eigenvalue weighted by atomic mass is 32.1. The molecule has 0 bridgehead atoms. The minimum atomic E-state index is 0.454. The van der Waals surface area contributed by atoms with Gasteiger partial charge in [0.1, 0.15) is 0 Å². The molecule has 0 aliphatic heterocycles. The molecule has 84 valence electrons. The van der Waals surface area contributed by atoms with Crippen LogP contribution in [0.2, 0.25) is 0 Å². The van der Waals surface area contributed by atoms with E-state index in [0.29, 0.717) is 6.04 Å². The van der Waals surface area contributed by atoms with Gasteiger partial charge in [0, 0.05) is 30.6 Å². The standard InChI is InChI=1S/C11H19N3S/c12-10-2-1-9(7-10)8-13-4-3-11-14-5-6-15-11/h5-6,9-10,13H,1-4,7-8,12H2. The fourth-order valence-electron chi connectivity index (χ4n) is 2.18. The largest absolute Gasteiger partial charge is 0.328 e. The molecule has 0 aromatic carbocycles. The number of nitrogens with one attached hydrogen (secondary N) is 1. The van der Waals surface area contributed by atoms with Crippen LogP contribution >= 0.6 is 11.3 Å². The highest BCUT2D eigenvalue weighted by Crippen LogP contribution is 2.22. The van der Waals surface area contributed by atoms with Gasteiger partial charge in [0.05, 0.1) is 5.01 Å². The average molecular weight is 225 g/mol. The summed E-state index contributed by atoms with van der Waals surface area (Å²) in [6, 6.07) is 0.454. The molecule has 1 saturated carbocycles. The predicted molar refractivity (Wildman–Crippen MR) is 64.0 cm³/mol. The molecule has 2 rings (SSSR count). The molecule has 1 fully saturated rings. The Kier molecular flexibility index (Phi) is 4.11. The number of hydrogen-bond acceptors (Lipinski definition) is 4. The molecule has 2 atom stereocenters. The van der Waals surface area contributed by atoms with Crippen LogP contribution in [-0.2, 0) is 6.42 Å². The van der Waals surface area contributed by atoms with Crippen LogP contribution in [0.3, 0.4) is 0 Å². The molecule has 1 heterocycles. The number of aromatic nitrogens is 1. The Morgan fingerprint density at radius 1 is 1.53 bits per heavy atom. The minimum absolute atomic E-state index is 0.454. The number of rotatable bonds is 5. The van der Waals surface area contributed by atoms with Crippen LogP contribution in [0.25, 0.3) is 0 Å². The lowest BCUT2D eigenvalue weighted by atomic mass is 10.1. The van der Waals surface area contributed by atoms with Crippen LogP contribution < -0.4 is 11.1 Å². The minimum Gasteiger partial charge on any atom is -0.328 e. The molecule has 15 heavy (non-hydrogen) atoms. The molecule has 1 aromatic rings. The summed E-state index contributed by atoms with van der Waals surface area (Å²) in [6.07, 6.45) is 6.63. The van der Waals surface area contributed by atoms with E-state index in [1.807, 2.05) is 11.6 Å². The molecule has 0 radical (unpaired) electrons. The van der Waals surface area contributed by atoms with Gasteiger partial charge in [-0.15, -0.1) is 11.3 Å². The van der Waals surface area contributed by atoms with Crippen LogP contribution in [0.4, 0.5) is 0 Å². The van der Waals surface area contributed by atoms with Gasteiger partial charge in [0.25, 0.3) is 0 Å². The van der Waals surface area contributed by atoms with E-state index in [9.17, 15) is 0 Å². The molecule has 1 aromatic heterocycles. The Morgan fingerprint density at radius 2 is 2.47 bits per heavy atom. The normalized spacial score (nSPS) is 25.9. The highest BCUT2D eigenvalue weighted by molar-refractivity contribution is 7.09. The van der Waals surface area contributed by atoms with E-state index in [1.54, 1.807) is 11.3 Å². The summed E-state index contributed by atoms with van der Waals surface area (Å²) in [5.41, 5.74) is 5.87. The first-order chi connectivity index (χ1) is 7.34. The van der Waals surface area contributed by atoms with Gasteiger partial charge in [-0.25, -0.2) is 4.98 Å². The average Bonchev–Trinajstić information content (AvgIpc) is 2.84. The van der Waals surface area contributed by atoms with Gasteiger partial charge < -0.3 is 11.1 Å². The molecule has 0 saturated heterocycles. The zero-order chi connectivity index (χ0) is 10.5. The molecule has 1 aliphatic rings. The van der Waals surface area contributed by atoms with E-state index >= 15 is 0 Å². The molecule has 0 amide bonds. The molecular formula is C11H19N3S. The van der Waals surface area contributed by atoms with E-state index < -0.39 is 0 Å². The van der Waals surface area contributed by atoms with Crippen LogP contribution in [0.15, 0.2) is 11.6 Å². The maximum absolute atomic E-state index is 5.87. The van der Waals surface area contributed by atoms with Crippen LogP contribution in [-0.4, -0.2) is 24.1 Å². The Morgan fingerprint density at radius 3 is 3.13 bits per heavy atom. The van der Waals surface area contributed by atoms with Crippen molar-refractivity contribution in [1.82, 2.24) is 10.3 Å². The van der Waals surface area contributed by atoms with Crippen LogP contribution in [0, 0.1) is 5.92 Å². The molecule has 1 aliphatic carbocycles. The van der Waals surface area contributed by atoms with Crippen molar-refractivity contribution in [2.24, 2.45) is 11.7 Å². The van der Waals surface area contributed by atoms with Gasteiger partial charge in [-0.3, -0.25) is 0 Å². The van der Waals surface area contributed by atoms with Crippen molar-refractivity contribution in [1.29, 1.82) is 0 Å². The molecule has 0 spiro atoms. The molecule has 2 unspecified atom stereocenters. The Bertz CT molecular complexity index is 273. The summed E-state index contributed by atoms with van der Waals surface area (Å²) in [6.45, 7) is 2.17. The van der Waals surface area contributed by atoms with Gasteiger partial charge in [0.15, 0.2) is 0 Å². The first-order valence-corrected chi connectivity index (χ1v) is 6.57. The highest BCUT2D eigenvalue weighted by Gasteiger charge is 2.20. The van der Waals surface area contributed by atoms with E-state index in [1.165, 1.54) is 24.3 Å². The number of nitrogens with zero attached hydrogens (tertiary/aromatic N) is 1. The summed E-state index contributed by atoms with van der Waals surface area (Å²) in [7, 11) is 0. The van der Waals surface area contributed by atoms with Gasteiger partial charge in [0.2, 0.25) is 0 Å². The predicted octanol–water partition coefficient (Wildman–Crippen LogP) is 1.40. The van der Waals surface area contributed by atoms with Gasteiger partial charge >= 0.3 is 0 Å². The zero-order valence-corrected chi connectivity index (χ0v) is 9.80. The van der Waals surface area contributed by atoms with E-state index in [-0.39, 0.29) is 0 Å². The van der Waals surface area contributed by atoms with E-state index in [0.717, 1.165) is 25.4 Å². The maximum Gasteiger partial charge on any atom is 0.0937 e. The first-order valence-electron chi connectivity index (χ1n) is 5.69. The number of hydrogen-bond donors (Lipinski definition) is 2. The molecule has 3 N–H and O–H groups in total. The summed E-state index contributed by atoms with van der Waals surface area (Å²) in [5, 5.41) is 6.76. The molecule has 4 heteroatoms. The van der Waals surface area contributed by atoms with Crippen molar-refractivity contribution in [3.8, 4) is 0 Å². The SMILES string of the molecule is NC1CCC(CNCCc2nccs2)C1. The Balaban J connectivity index is 1.55. The van der Waals surface area contributed by atoms with Gasteiger partial charge in [-0.2, -0.15) is 0 Å². The van der Waals surface area contributed by atoms with Crippen molar-refractivity contribution in [3.05, 3.63) is 16.6 Å². The fraction of sp³-hybridized carbons (Fsp3) is 0.727. The molecular weight excluding hydrogens is 206 g/mol. The van der Waals surface area contributed by atoms with Crippen molar-refractivity contribution < 1.29 is 0 Å². The lowest BCUT2D eigenvalue weighted by molar-refractivity contribution is 0.485. The van der Waals surface area contributed by atoms with E-state index in [2.05, 4.69) is 10.3 Å². The monoisotopic (exact) mass is 225 g/mol. The van der Waals surface area contributed by atoms with Crippen LogP contribution in [0.1, 0.15) is 24.3 Å². The Labute approximate surface area is 95.1 Å². The second-order valence-corrected chi connectivity index (χ2v) is 5.30. The molecule has 3 nitrogen and oxygen atoms in total. The Hall–Kier alpha value is -0.450. The fourth-order valence-corrected chi connectivity index (χ4v) is 2.80. The van der Waals surface area contributed by atoms with E-state index in [4.69, 9.17) is 5.73 Å². The topological polar surface area (TPSA) is 50.9 Å². The van der Waals surface area contributed by atoms with Crippen molar-refractivity contribution in [2.45, 2.75) is 31.7 Å². The summed E-state index contributed by atoms with van der Waals surface area (Å²) >= 11 is 1.73. The third-order valence-electron chi connectivity index (χ3n) is 3.01. The van der Waals surface area contributed by atoms with Crippen molar-refractivity contribution in [3.63, 3.8) is 0 Å². The third-order valence-corrected chi connectivity index (χ3v) is 3.85. The summed E-state index contributed by atoms with van der Waals surface area (Å²) in [5.74, 6) is 0.802. The second kappa shape index (κ2) is 5.58. The first kappa shape index (κ1) is 11.0. The summed E-state index contributed by atoms with van der Waals surface area (Å²) in [4.78, 5) is 4.26. The lowest BCUT2D eigenvalue weighted by Crippen LogP contribution is -2.25. The summed E-state index contributed by atoms with van der Waals surface area (Å²) < 4.78 is 0. The van der Waals surface area contributed by atoms with Crippen molar-refractivity contribution in [2.75, 3.05) is 13.1 Å². The second-order valence-electron chi connectivity index (χ2n) is 4.32. The lowest BCUT2D eigenvalue weighted by Gasteiger charge is -2.10. The zero-order valence-electron chi connectivity index (χ0n) is 8.98. The third kappa shape index (κ3) is 3.55. The number of nitrogens with two attached hydrogens (primary N) is 1. The smallest absolute Gasteiger partial charge is 0.0937 e. The maximum atomic E-state index is 5.87. The van der Waals surface area contributed by atoms with Gasteiger partial charge in [-0.1, -0.05) is 0 Å². The van der Waals surface area contributed by atoms with Gasteiger partial charge in [-0.05, 0) is 31.7 Å².